The number of carbonyl (C=O) groups excluding carboxylic acids is 1. The normalized spacial score (nSPS) is 12.5. The number of ether oxygens (including phenoxy) is 1. The molecule has 2 N–H and O–H groups in total. The Balaban J connectivity index is 1.56. The monoisotopic (exact) mass is 581 g/mol. The van der Waals surface area contributed by atoms with E-state index in [-0.39, 0.29) is 4.75 Å². The van der Waals surface area contributed by atoms with Crippen LogP contribution in [0, 0.1) is 0 Å². The minimum Gasteiger partial charge on any atom is -0.444 e. The van der Waals surface area contributed by atoms with E-state index in [1.807, 2.05) is 64.3 Å². The number of nitrogens with zero attached hydrogens (tertiary/aromatic N) is 3. The van der Waals surface area contributed by atoms with Crippen molar-refractivity contribution < 1.29 is 13.7 Å². The van der Waals surface area contributed by atoms with Crippen LogP contribution in [0.5, 0.6) is 0 Å². The van der Waals surface area contributed by atoms with Gasteiger partial charge in [-0.1, -0.05) is 32.9 Å². The standard InChI is InChI=1S/C32H47N5O3S/c1-31(2,3)40-30(38)34-17-11-19-37(7)29-15-14-26(22-35-29)25-16-18-33-28(21-25)36-27-13-10-12-24(20-27)23-39-41(8,9)32(4,5)6/h10,12-16,18,20-22H,11,17,19,23H2,1-9H3,(H,33,36)(H,34,38). The fourth-order valence-electron chi connectivity index (χ4n) is 3.68. The third kappa shape index (κ3) is 10.2. The molecule has 2 heterocycles. The zero-order valence-corrected chi connectivity index (χ0v) is 26.9. The highest BCUT2D eigenvalue weighted by molar-refractivity contribution is 8.29. The molecular formula is C32H47N5O3S. The van der Waals surface area contributed by atoms with Crippen LogP contribution in [-0.4, -0.2) is 59.1 Å². The van der Waals surface area contributed by atoms with Crippen molar-refractivity contribution in [3.63, 3.8) is 0 Å². The average Bonchev–Trinajstić information content (AvgIpc) is 2.89. The molecule has 3 aromatic rings. The molecule has 3 rings (SSSR count). The van der Waals surface area contributed by atoms with E-state index in [9.17, 15) is 4.79 Å². The summed E-state index contributed by atoms with van der Waals surface area (Å²) in [6.07, 6.45) is 8.50. The van der Waals surface area contributed by atoms with E-state index in [0.29, 0.717) is 13.2 Å². The summed E-state index contributed by atoms with van der Waals surface area (Å²) < 4.78 is 11.7. The fourth-order valence-corrected chi connectivity index (χ4v) is 4.46. The molecule has 41 heavy (non-hydrogen) atoms. The molecule has 0 unspecified atom stereocenters. The SMILES string of the molecule is CN(CCCNC(=O)OC(C)(C)C)c1ccc(-c2ccnc(Nc3cccc(COS(C)(C)C(C)(C)C)c3)c2)cn1. The van der Waals surface area contributed by atoms with Gasteiger partial charge in [0.1, 0.15) is 17.2 Å². The second-order valence-corrected chi connectivity index (χ2v) is 16.4. The summed E-state index contributed by atoms with van der Waals surface area (Å²) in [6.45, 7) is 14.1. The molecule has 224 valence electrons. The van der Waals surface area contributed by atoms with Gasteiger partial charge in [-0.25, -0.2) is 14.8 Å². The molecular weight excluding hydrogens is 534 g/mol. The number of alkyl carbamates (subject to hydrolysis) is 1. The van der Waals surface area contributed by atoms with Crippen molar-refractivity contribution in [2.24, 2.45) is 0 Å². The topological polar surface area (TPSA) is 88.6 Å². The summed E-state index contributed by atoms with van der Waals surface area (Å²) in [5.41, 5.74) is 3.63. The van der Waals surface area contributed by atoms with Gasteiger partial charge < -0.3 is 24.5 Å². The van der Waals surface area contributed by atoms with Crippen LogP contribution in [0.2, 0.25) is 0 Å². The molecule has 0 bridgehead atoms. The van der Waals surface area contributed by atoms with E-state index in [2.05, 4.69) is 77.0 Å². The Morgan fingerprint density at radius 2 is 1.73 bits per heavy atom. The van der Waals surface area contributed by atoms with Gasteiger partial charge in [-0.3, -0.25) is 0 Å². The summed E-state index contributed by atoms with van der Waals surface area (Å²) in [5.74, 6) is 1.63. The van der Waals surface area contributed by atoms with Crippen molar-refractivity contribution in [3.8, 4) is 11.1 Å². The molecule has 0 atom stereocenters. The van der Waals surface area contributed by atoms with Gasteiger partial charge in [-0.2, -0.15) is 0 Å². The number of carbonyl (C=O) groups is 1. The Kier molecular flexibility index (Phi) is 10.7. The highest BCUT2D eigenvalue weighted by Gasteiger charge is 2.28. The number of pyridine rings is 2. The molecule has 0 aliphatic rings. The molecule has 0 saturated heterocycles. The van der Waals surface area contributed by atoms with Crippen molar-refractivity contribution in [2.75, 3.05) is 42.9 Å². The van der Waals surface area contributed by atoms with Gasteiger partial charge in [-0.05, 0) is 87.2 Å². The lowest BCUT2D eigenvalue weighted by Gasteiger charge is -2.43. The zero-order valence-electron chi connectivity index (χ0n) is 26.1. The minimum atomic E-state index is -1.19. The maximum Gasteiger partial charge on any atom is 0.407 e. The smallest absolute Gasteiger partial charge is 0.407 e. The number of anilines is 3. The number of benzene rings is 1. The van der Waals surface area contributed by atoms with Gasteiger partial charge >= 0.3 is 6.09 Å². The molecule has 0 saturated carbocycles. The molecule has 0 fully saturated rings. The number of aromatic nitrogens is 2. The molecule has 1 aromatic carbocycles. The van der Waals surface area contributed by atoms with Crippen LogP contribution in [0.25, 0.3) is 11.1 Å². The van der Waals surface area contributed by atoms with E-state index in [1.165, 1.54) is 0 Å². The van der Waals surface area contributed by atoms with E-state index in [4.69, 9.17) is 8.92 Å². The Labute approximate surface area is 247 Å². The number of hydrogen-bond acceptors (Lipinski definition) is 7. The van der Waals surface area contributed by atoms with Crippen LogP contribution in [0.15, 0.2) is 60.9 Å². The van der Waals surface area contributed by atoms with Crippen LogP contribution in [-0.2, 0) is 15.5 Å². The highest BCUT2D eigenvalue weighted by atomic mass is 32.3. The molecule has 0 radical (unpaired) electrons. The quantitative estimate of drug-likeness (QED) is 0.226. The van der Waals surface area contributed by atoms with Gasteiger partial charge in [0.15, 0.2) is 0 Å². The Morgan fingerprint density at radius 3 is 2.39 bits per heavy atom. The summed E-state index contributed by atoms with van der Waals surface area (Å²) in [5, 5.41) is 6.23. The van der Waals surface area contributed by atoms with Crippen LogP contribution in [0.1, 0.15) is 53.5 Å². The Bertz CT molecular complexity index is 1280. The maximum atomic E-state index is 11.8. The lowest BCUT2D eigenvalue weighted by Crippen LogP contribution is -2.34. The van der Waals surface area contributed by atoms with Crippen LogP contribution in [0.4, 0.5) is 22.1 Å². The van der Waals surface area contributed by atoms with Crippen molar-refractivity contribution >= 4 is 33.7 Å². The predicted molar refractivity (Wildman–Crippen MR) is 173 cm³/mol. The molecule has 9 heteroatoms. The number of rotatable bonds is 11. The fraction of sp³-hybridized carbons (Fsp3) is 0.469. The van der Waals surface area contributed by atoms with Gasteiger partial charge in [0, 0.05) is 48.5 Å². The summed E-state index contributed by atoms with van der Waals surface area (Å²) >= 11 is 0. The Morgan fingerprint density at radius 1 is 0.976 bits per heavy atom. The molecule has 1 amide bonds. The first-order valence-electron chi connectivity index (χ1n) is 14.0. The highest BCUT2D eigenvalue weighted by Crippen LogP contribution is 2.54. The maximum absolute atomic E-state index is 11.8. The second kappa shape index (κ2) is 13.6. The molecule has 0 spiro atoms. The molecule has 0 aliphatic heterocycles. The lowest BCUT2D eigenvalue weighted by molar-refractivity contribution is 0.0527. The number of nitrogens with one attached hydrogen (secondary N) is 2. The zero-order chi connectivity index (χ0) is 30.3. The van der Waals surface area contributed by atoms with Crippen LogP contribution >= 0.6 is 10.3 Å². The van der Waals surface area contributed by atoms with Crippen molar-refractivity contribution in [1.29, 1.82) is 0 Å². The average molecular weight is 582 g/mol. The van der Waals surface area contributed by atoms with Crippen molar-refractivity contribution in [3.05, 3.63) is 66.5 Å². The van der Waals surface area contributed by atoms with Gasteiger partial charge in [-0.15, -0.1) is 10.3 Å². The van der Waals surface area contributed by atoms with Crippen LogP contribution < -0.4 is 15.5 Å². The van der Waals surface area contributed by atoms with Gasteiger partial charge in [0.25, 0.3) is 0 Å². The van der Waals surface area contributed by atoms with Crippen molar-refractivity contribution in [1.82, 2.24) is 15.3 Å². The third-order valence-corrected chi connectivity index (χ3v) is 10.4. The van der Waals surface area contributed by atoms with E-state index in [0.717, 1.165) is 47.0 Å². The number of amides is 1. The summed E-state index contributed by atoms with van der Waals surface area (Å²) in [6, 6.07) is 16.4. The molecule has 0 aliphatic carbocycles. The number of hydrogen-bond donors (Lipinski definition) is 2. The first-order valence-corrected chi connectivity index (χ1v) is 16.3. The largest absolute Gasteiger partial charge is 0.444 e. The Hall–Kier alpha value is -3.30. The van der Waals surface area contributed by atoms with E-state index >= 15 is 0 Å². The summed E-state index contributed by atoms with van der Waals surface area (Å²) in [7, 11) is 0.806. The first kappa shape index (κ1) is 32.2. The van der Waals surface area contributed by atoms with Gasteiger partial charge in [0.05, 0.1) is 6.61 Å². The first-order chi connectivity index (χ1) is 19.1. The molecule has 8 nitrogen and oxygen atoms in total. The summed E-state index contributed by atoms with van der Waals surface area (Å²) in [4.78, 5) is 23.1. The minimum absolute atomic E-state index is 0.121. The lowest BCUT2D eigenvalue weighted by atomic mass is 10.1. The second-order valence-electron chi connectivity index (χ2n) is 12.5. The third-order valence-electron chi connectivity index (χ3n) is 6.77. The van der Waals surface area contributed by atoms with E-state index in [1.54, 1.807) is 6.20 Å². The van der Waals surface area contributed by atoms with E-state index < -0.39 is 22.0 Å². The van der Waals surface area contributed by atoms with Crippen molar-refractivity contribution in [2.45, 2.75) is 64.9 Å². The molecule has 2 aromatic heterocycles. The van der Waals surface area contributed by atoms with Gasteiger partial charge in [0.2, 0.25) is 0 Å². The van der Waals surface area contributed by atoms with Crippen LogP contribution in [0.3, 0.4) is 0 Å². The predicted octanol–water partition coefficient (Wildman–Crippen LogP) is 7.53.